The number of rotatable bonds is 5. The summed E-state index contributed by atoms with van der Waals surface area (Å²) in [6, 6.07) is 5.51. The van der Waals surface area contributed by atoms with E-state index in [9.17, 15) is 8.42 Å². The third kappa shape index (κ3) is 4.80. The van der Waals surface area contributed by atoms with Crippen LogP contribution in [0.1, 0.15) is 44.7 Å². The van der Waals surface area contributed by atoms with Crippen LogP contribution >= 0.6 is 15.9 Å². The summed E-state index contributed by atoms with van der Waals surface area (Å²) >= 11 is 3.56. The lowest BCUT2D eigenvalue weighted by atomic mass is 9.91. The highest BCUT2D eigenvalue weighted by molar-refractivity contribution is 9.09. The first-order valence-electron chi connectivity index (χ1n) is 7.43. The molecular weight excluding hydrogens is 350 g/mol. The molecule has 0 saturated heterocycles. The van der Waals surface area contributed by atoms with Crippen molar-refractivity contribution in [3.8, 4) is 0 Å². The summed E-state index contributed by atoms with van der Waals surface area (Å²) in [7, 11) is -3.41. The number of sulfonamides is 1. The molecule has 2 rings (SSSR count). The molecule has 0 bridgehead atoms. The lowest BCUT2D eigenvalue weighted by molar-refractivity contribution is 0.373. The molecule has 3 nitrogen and oxygen atoms in total. The first-order valence-corrected chi connectivity index (χ1v) is 9.83. The Bertz CT molecular complexity index is 605. The van der Waals surface area contributed by atoms with E-state index >= 15 is 0 Å². The average Bonchev–Trinajstić information content (AvgIpc) is 2.81. The highest BCUT2D eigenvalue weighted by Gasteiger charge is 2.21. The fourth-order valence-electron chi connectivity index (χ4n) is 2.74. The van der Waals surface area contributed by atoms with Gasteiger partial charge >= 0.3 is 0 Å². The van der Waals surface area contributed by atoms with Crippen LogP contribution in [0.25, 0.3) is 0 Å². The Morgan fingerprint density at radius 3 is 2.57 bits per heavy atom. The van der Waals surface area contributed by atoms with Gasteiger partial charge in [0, 0.05) is 11.4 Å². The summed E-state index contributed by atoms with van der Waals surface area (Å²) in [6.45, 7) is 6.86. The standard InChI is InChI=1S/C16H24BrNO2S/c1-16(2,3)10-14(17)11-18-21(19,20)15-8-7-12-5-4-6-13(12)9-15/h7-9,14,18H,4-6,10-11H2,1-3H3. The summed E-state index contributed by atoms with van der Waals surface area (Å²) < 4.78 is 27.5. The number of nitrogens with one attached hydrogen (secondary N) is 1. The van der Waals surface area contributed by atoms with Gasteiger partial charge in [-0.1, -0.05) is 42.8 Å². The summed E-state index contributed by atoms with van der Waals surface area (Å²) in [6.07, 6.45) is 4.10. The zero-order valence-electron chi connectivity index (χ0n) is 12.9. The Hall–Kier alpha value is -0.390. The second kappa shape index (κ2) is 6.39. The Morgan fingerprint density at radius 1 is 1.24 bits per heavy atom. The van der Waals surface area contributed by atoms with Gasteiger partial charge in [-0.25, -0.2) is 13.1 Å². The molecule has 118 valence electrons. The van der Waals surface area contributed by atoms with Gasteiger partial charge in [0.15, 0.2) is 0 Å². The Morgan fingerprint density at radius 2 is 1.90 bits per heavy atom. The van der Waals surface area contributed by atoms with Gasteiger partial charge in [-0.15, -0.1) is 0 Å². The van der Waals surface area contributed by atoms with E-state index in [4.69, 9.17) is 0 Å². The molecule has 5 heteroatoms. The molecule has 0 saturated carbocycles. The third-order valence-electron chi connectivity index (χ3n) is 3.71. The predicted molar refractivity (Wildman–Crippen MR) is 90.4 cm³/mol. The summed E-state index contributed by atoms with van der Waals surface area (Å²) in [4.78, 5) is 0.528. The quantitative estimate of drug-likeness (QED) is 0.800. The van der Waals surface area contributed by atoms with E-state index in [1.165, 1.54) is 11.1 Å². The minimum absolute atomic E-state index is 0.140. The van der Waals surface area contributed by atoms with E-state index in [0.29, 0.717) is 11.4 Å². The predicted octanol–water partition coefficient (Wildman–Crippen LogP) is 3.65. The molecule has 0 radical (unpaired) electrons. The molecule has 0 aromatic heterocycles. The number of hydrogen-bond acceptors (Lipinski definition) is 2. The highest BCUT2D eigenvalue weighted by Crippen LogP contribution is 2.26. The molecule has 0 aliphatic heterocycles. The monoisotopic (exact) mass is 373 g/mol. The number of hydrogen-bond donors (Lipinski definition) is 1. The maximum absolute atomic E-state index is 12.4. The van der Waals surface area contributed by atoms with Crippen molar-refractivity contribution in [2.75, 3.05) is 6.54 Å². The molecule has 0 heterocycles. The van der Waals surface area contributed by atoms with Crippen molar-refractivity contribution in [1.29, 1.82) is 0 Å². The minimum Gasteiger partial charge on any atom is -0.210 e. The SMILES string of the molecule is CC(C)(C)CC(Br)CNS(=O)(=O)c1ccc2c(c1)CCC2. The van der Waals surface area contributed by atoms with Crippen molar-refractivity contribution >= 4 is 26.0 Å². The van der Waals surface area contributed by atoms with E-state index in [-0.39, 0.29) is 10.2 Å². The second-order valence-corrected chi connectivity index (χ2v) is 10.1. The number of benzene rings is 1. The molecule has 0 fully saturated rings. The van der Waals surface area contributed by atoms with Crippen molar-refractivity contribution in [3.05, 3.63) is 29.3 Å². The van der Waals surface area contributed by atoms with Crippen LogP contribution < -0.4 is 4.72 Å². The van der Waals surface area contributed by atoms with Crippen LogP contribution in [0, 0.1) is 5.41 Å². The van der Waals surface area contributed by atoms with E-state index in [1.54, 1.807) is 6.07 Å². The number of halogens is 1. The van der Waals surface area contributed by atoms with Gasteiger partial charge in [0.05, 0.1) is 4.90 Å². The molecular formula is C16H24BrNO2S. The van der Waals surface area contributed by atoms with Crippen molar-refractivity contribution in [2.45, 2.75) is 56.2 Å². The summed E-state index contributed by atoms with van der Waals surface area (Å²) in [5, 5.41) is 0. The molecule has 1 N–H and O–H groups in total. The molecule has 1 aliphatic rings. The van der Waals surface area contributed by atoms with Crippen LogP contribution in [0.5, 0.6) is 0 Å². The molecule has 0 amide bonds. The van der Waals surface area contributed by atoms with Gasteiger partial charge in [-0.2, -0.15) is 0 Å². The van der Waals surface area contributed by atoms with E-state index in [0.717, 1.165) is 25.7 Å². The van der Waals surface area contributed by atoms with Crippen molar-refractivity contribution in [1.82, 2.24) is 4.72 Å². The van der Waals surface area contributed by atoms with Crippen molar-refractivity contribution in [3.63, 3.8) is 0 Å². The topological polar surface area (TPSA) is 46.2 Å². The van der Waals surface area contributed by atoms with Gasteiger partial charge in [0.25, 0.3) is 0 Å². The summed E-state index contributed by atoms with van der Waals surface area (Å²) in [5.41, 5.74) is 2.65. The largest absolute Gasteiger partial charge is 0.240 e. The first kappa shape index (κ1) is 17.0. The van der Waals surface area contributed by atoms with Gasteiger partial charge in [-0.05, 0) is 54.4 Å². The van der Waals surface area contributed by atoms with Crippen LogP contribution in [-0.4, -0.2) is 19.8 Å². The third-order valence-corrected chi connectivity index (χ3v) is 5.78. The second-order valence-electron chi connectivity index (χ2n) is 7.00. The number of fused-ring (bicyclic) bond motifs is 1. The Kier molecular flexibility index (Phi) is 5.16. The summed E-state index contributed by atoms with van der Waals surface area (Å²) in [5.74, 6) is 0. The van der Waals surface area contributed by atoms with Crippen LogP contribution in [0.3, 0.4) is 0 Å². The lowest BCUT2D eigenvalue weighted by Gasteiger charge is -2.22. The molecule has 1 aromatic carbocycles. The number of aryl methyl sites for hydroxylation is 2. The normalized spacial score (nSPS) is 16.8. The zero-order chi connectivity index (χ0) is 15.7. The number of alkyl halides is 1. The molecule has 1 aromatic rings. The fraction of sp³-hybridized carbons (Fsp3) is 0.625. The molecule has 0 spiro atoms. The van der Waals surface area contributed by atoms with Crippen LogP contribution in [-0.2, 0) is 22.9 Å². The van der Waals surface area contributed by atoms with E-state index in [1.807, 2.05) is 12.1 Å². The van der Waals surface area contributed by atoms with Gasteiger partial charge in [0.1, 0.15) is 0 Å². The Labute approximate surface area is 136 Å². The molecule has 21 heavy (non-hydrogen) atoms. The highest BCUT2D eigenvalue weighted by atomic mass is 79.9. The zero-order valence-corrected chi connectivity index (χ0v) is 15.4. The Balaban J connectivity index is 2.02. The van der Waals surface area contributed by atoms with E-state index < -0.39 is 10.0 Å². The maximum Gasteiger partial charge on any atom is 0.240 e. The van der Waals surface area contributed by atoms with Gasteiger partial charge < -0.3 is 0 Å². The van der Waals surface area contributed by atoms with Crippen molar-refractivity contribution < 1.29 is 8.42 Å². The van der Waals surface area contributed by atoms with E-state index in [2.05, 4.69) is 41.4 Å². The average molecular weight is 374 g/mol. The van der Waals surface area contributed by atoms with Crippen LogP contribution in [0.4, 0.5) is 0 Å². The molecule has 1 aliphatic carbocycles. The van der Waals surface area contributed by atoms with Gasteiger partial charge in [0.2, 0.25) is 10.0 Å². The smallest absolute Gasteiger partial charge is 0.210 e. The minimum atomic E-state index is -3.41. The molecule has 1 unspecified atom stereocenters. The van der Waals surface area contributed by atoms with Crippen molar-refractivity contribution in [2.24, 2.45) is 5.41 Å². The first-order chi connectivity index (χ1) is 9.67. The van der Waals surface area contributed by atoms with Gasteiger partial charge in [-0.3, -0.25) is 0 Å². The molecule has 1 atom stereocenters. The van der Waals surface area contributed by atoms with Crippen LogP contribution in [0.2, 0.25) is 0 Å². The fourth-order valence-corrected chi connectivity index (χ4v) is 5.21. The van der Waals surface area contributed by atoms with Crippen LogP contribution in [0.15, 0.2) is 23.1 Å². The lowest BCUT2D eigenvalue weighted by Crippen LogP contribution is -2.31. The maximum atomic E-state index is 12.4.